The van der Waals surface area contributed by atoms with Gasteiger partial charge in [-0.1, -0.05) is 0 Å². The molecule has 2 rings (SSSR count). The fraction of sp³-hybridized carbons (Fsp3) is 0. The molecular formula is C15H11N3O6. The fourth-order valence-electron chi connectivity index (χ4n) is 1.79. The van der Waals surface area contributed by atoms with Crippen LogP contribution in [0.15, 0.2) is 48.5 Å². The van der Waals surface area contributed by atoms with Gasteiger partial charge in [-0.15, -0.1) is 0 Å². The largest absolute Gasteiger partial charge is 0.506 e. The van der Waals surface area contributed by atoms with Crippen molar-refractivity contribution in [2.75, 3.05) is 5.32 Å². The van der Waals surface area contributed by atoms with Crippen LogP contribution in [-0.4, -0.2) is 20.9 Å². The van der Waals surface area contributed by atoms with E-state index in [0.29, 0.717) is 5.56 Å². The third-order valence-electron chi connectivity index (χ3n) is 2.98. The molecule has 0 radical (unpaired) electrons. The number of nitro benzene ring substituents is 2. The Morgan fingerprint density at radius 2 is 1.58 bits per heavy atom. The van der Waals surface area contributed by atoms with E-state index < -0.39 is 15.8 Å². The summed E-state index contributed by atoms with van der Waals surface area (Å²) in [6, 6.07) is 8.77. The maximum Gasteiger partial charge on any atom is 0.271 e. The molecule has 2 aromatic carbocycles. The smallest absolute Gasteiger partial charge is 0.271 e. The molecule has 0 atom stereocenters. The van der Waals surface area contributed by atoms with Crippen LogP contribution in [-0.2, 0) is 4.79 Å². The number of non-ortho nitro benzene ring substituents is 2. The van der Waals surface area contributed by atoms with Gasteiger partial charge in [-0.3, -0.25) is 25.0 Å². The first-order chi connectivity index (χ1) is 11.4. The highest BCUT2D eigenvalue weighted by molar-refractivity contribution is 6.02. The lowest BCUT2D eigenvalue weighted by molar-refractivity contribution is -0.385. The summed E-state index contributed by atoms with van der Waals surface area (Å²) >= 11 is 0. The van der Waals surface area contributed by atoms with E-state index in [4.69, 9.17) is 0 Å². The lowest BCUT2D eigenvalue weighted by Gasteiger charge is -2.04. The average molecular weight is 329 g/mol. The third kappa shape index (κ3) is 4.13. The normalized spacial score (nSPS) is 10.5. The number of benzene rings is 2. The number of nitrogens with zero attached hydrogens (tertiary/aromatic N) is 2. The number of nitro groups is 2. The van der Waals surface area contributed by atoms with Crippen LogP contribution in [0.5, 0.6) is 5.75 Å². The summed E-state index contributed by atoms with van der Waals surface area (Å²) in [5, 5.41) is 33.2. The molecular weight excluding hydrogens is 318 g/mol. The second-order valence-corrected chi connectivity index (χ2v) is 4.63. The third-order valence-corrected chi connectivity index (χ3v) is 2.98. The number of anilines is 1. The Labute approximate surface area is 135 Å². The zero-order valence-corrected chi connectivity index (χ0v) is 12.1. The zero-order chi connectivity index (χ0) is 17.7. The number of carbonyl (C=O) groups excluding carboxylic acids is 1. The van der Waals surface area contributed by atoms with Crippen molar-refractivity contribution >= 4 is 29.0 Å². The molecule has 0 unspecified atom stereocenters. The molecule has 0 fully saturated rings. The van der Waals surface area contributed by atoms with Crippen molar-refractivity contribution in [3.8, 4) is 5.75 Å². The molecule has 1 amide bonds. The molecule has 0 aliphatic carbocycles. The number of carbonyl (C=O) groups is 1. The van der Waals surface area contributed by atoms with Crippen molar-refractivity contribution in [2.24, 2.45) is 0 Å². The molecule has 0 spiro atoms. The van der Waals surface area contributed by atoms with E-state index in [-0.39, 0.29) is 22.8 Å². The maximum absolute atomic E-state index is 11.8. The van der Waals surface area contributed by atoms with E-state index in [2.05, 4.69) is 5.32 Å². The Bertz CT molecular complexity index is 830. The quantitative estimate of drug-likeness (QED) is 0.374. The number of rotatable bonds is 5. The van der Waals surface area contributed by atoms with Gasteiger partial charge in [-0.05, 0) is 29.8 Å². The van der Waals surface area contributed by atoms with E-state index in [1.807, 2.05) is 0 Å². The molecule has 0 aliphatic rings. The van der Waals surface area contributed by atoms with Crippen LogP contribution in [0.2, 0.25) is 0 Å². The van der Waals surface area contributed by atoms with Crippen molar-refractivity contribution in [2.45, 2.75) is 0 Å². The Balaban J connectivity index is 2.09. The minimum atomic E-state index is -0.651. The van der Waals surface area contributed by atoms with Gasteiger partial charge in [-0.2, -0.15) is 0 Å². The summed E-state index contributed by atoms with van der Waals surface area (Å²) in [7, 11) is 0. The van der Waals surface area contributed by atoms with E-state index in [1.54, 1.807) is 0 Å². The maximum atomic E-state index is 11.8. The summed E-state index contributed by atoms with van der Waals surface area (Å²) in [6.07, 6.45) is 2.55. The van der Waals surface area contributed by atoms with Gasteiger partial charge in [-0.25, -0.2) is 0 Å². The van der Waals surface area contributed by atoms with Crippen LogP contribution in [0.1, 0.15) is 5.56 Å². The highest BCUT2D eigenvalue weighted by Crippen LogP contribution is 2.27. The lowest BCUT2D eigenvalue weighted by Crippen LogP contribution is -2.08. The zero-order valence-electron chi connectivity index (χ0n) is 12.1. The molecule has 2 aromatic rings. The fourth-order valence-corrected chi connectivity index (χ4v) is 1.79. The number of phenolic OH excluding ortho intramolecular Hbond substituents is 1. The monoisotopic (exact) mass is 329 g/mol. The van der Waals surface area contributed by atoms with Gasteiger partial charge >= 0.3 is 0 Å². The van der Waals surface area contributed by atoms with Gasteiger partial charge in [0, 0.05) is 30.3 Å². The van der Waals surface area contributed by atoms with Crippen molar-refractivity contribution in [3.05, 3.63) is 74.3 Å². The number of nitrogens with one attached hydrogen (secondary N) is 1. The van der Waals surface area contributed by atoms with Gasteiger partial charge in [0.15, 0.2) is 0 Å². The highest BCUT2D eigenvalue weighted by Gasteiger charge is 2.11. The van der Waals surface area contributed by atoms with Crippen molar-refractivity contribution in [3.63, 3.8) is 0 Å². The molecule has 0 aromatic heterocycles. The van der Waals surface area contributed by atoms with Crippen LogP contribution >= 0.6 is 0 Å². The number of hydrogen-bond acceptors (Lipinski definition) is 6. The summed E-state index contributed by atoms with van der Waals surface area (Å²) in [6.45, 7) is 0. The van der Waals surface area contributed by atoms with Gasteiger partial charge < -0.3 is 10.4 Å². The molecule has 0 saturated carbocycles. The topological polar surface area (TPSA) is 136 Å². The van der Waals surface area contributed by atoms with Gasteiger partial charge in [0.05, 0.1) is 15.5 Å². The Kier molecular flexibility index (Phi) is 4.85. The molecule has 0 bridgehead atoms. The van der Waals surface area contributed by atoms with Crippen LogP contribution in [0.4, 0.5) is 17.1 Å². The summed E-state index contributed by atoms with van der Waals surface area (Å²) in [4.78, 5) is 31.8. The van der Waals surface area contributed by atoms with Gasteiger partial charge in [0.1, 0.15) is 5.75 Å². The minimum absolute atomic E-state index is 0.0712. The molecule has 0 aliphatic heterocycles. The standard InChI is InChI=1S/C15H11N3O6/c19-14-7-6-12(18(23)24)9-13(14)16-15(20)8-3-10-1-4-11(5-2-10)17(21)22/h1-9,19H,(H,16,20)/b8-3+. The van der Waals surface area contributed by atoms with Crippen molar-refractivity contribution in [1.29, 1.82) is 0 Å². The first kappa shape index (κ1) is 16.6. The second kappa shape index (κ2) is 7.01. The first-order valence-corrected chi connectivity index (χ1v) is 6.58. The van der Waals surface area contributed by atoms with Gasteiger partial charge in [0.25, 0.3) is 11.4 Å². The van der Waals surface area contributed by atoms with Crippen LogP contribution in [0, 0.1) is 20.2 Å². The number of phenols is 1. The van der Waals surface area contributed by atoms with Crippen molar-refractivity contribution < 1.29 is 19.7 Å². The Morgan fingerprint density at radius 3 is 2.17 bits per heavy atom. The Morgan fingerprint density at radius 1 is 1.00 bits per heavy atom. The number of hydrogen-bond donors (Lipinski definition) is 2. The summed E-state index contributed by atoms with van der Waals surface area (Å²) < 4.78 is 0. The van der Waals surface area contributed by atoms with Crippen molar-refractivity contribution in [1.82, 2.24) is 0 Å². The van der Waals surface area contributed by atoms with E-state index in [0.717, 1.165) is 24.3 Å². The molecule has 122 valence electrons. The molecule has 2 N–H and O–H groups in total. The molecule has 9 nitrogen and oxygen atoms in total. The van der Waals surface area contributed by atoms with Gasteiger partial charge in [0.2, 0.25) is 5.91 Å². The summed E-state index contributed by atoms with van der Waals surface area (Å²) in [5.74, 6) is -0.929. The molecule has 24 heavy (non-hydrogen) atoms. The molecule has 0 saturated heterocycles. The highest BCUT2D eigenvalue weighted by atomic mass is 16.6. The van der Waals surface area contributed by atoms with Crippen LogP contribution < -0.4 is 5.32 Å². The average Bonchev–Trinajstić information content (AvgIpc) is 2.55. The van der Waals surface area contributed by atoms with Crippen LogP contribution in [0.3, 0.4) is 0 Å². The van der Waals surface area contributed by atoms with E-state index in [9.17, 15) is 30.1 Å². The SMILES string of the molecule is O=C(/C=C/c1ccc([N+](=O)[O-])cc1)Nc1cc([N+](=O)[O-])ccc1O. The second-order valence-electron chi connectivity index (χ2n) is 4.63. The van der Waals surface area contributed by atoms with Crippen LogP contribution in [0.25, 0.3) is 6.08 Å². The Hall–Kier alpha value is -3.75. The number of amides is 1. The number of aromatic hydroxyl groups is 1. The van der Waals surface area contributed by atoms with E-state index >= 15 is 0 Å². The molecule has 0 heterocycles. The minimum Gasteiger partial charge on any atom is -0.506 e. The predicted octanol–water partition coefficient (Wildman–Crippen LogP) is 2.86. The predicted molar refractivity (Wildman–Crippen MR) is 85.5 cm³/mol. The van der Waals surface area contributed by atoms with E-state index in [1.165, 1.54) is 30.3 Å². The first-order valence-electron chi connectivity index (χ1n) is 6.58. The summed E-state index contributed by atoms with van der Waals surface area (Å²) in [5.41, 5.74) is 0.113. The molecule has 9 heteroatoms. The lowest BCUT2D eigenvalue weighted by atomic mass is 10.2.